The number of benzene rings is 2. The third-order valence-corrected chi connectivity index (χ3v) is 11.0. The number of nitriles is 1. The van der Waals surface area contributed by atoms with Crippen molar-refractivity contribution in [3.05, 3.63) is 72.0 Å². The predicted molar refractivity (Wildman–Crippen MR) is 205 cm³/mol. The summed E-state index contributed by atoms with van der Waals surface area (Å²) >= 11 is -1.15. The van der Waals surface area contributed by atoms with Gasteiger partial charge in [-0.05, 0) is 83.3 Å². The number of nitrogens with zero attached hydrogens (tertiary/aromatic N) is 3. The van der Waals surface area contributed by atoms with E-state index >= 15 is 0 Å². The van der Waals surface area contributed by atoms with E-state index in [-0.39, 0.29) is 16.2 Å². The van der Waals surface area contributed by atoms with Crippen molar-refractivity contribution in [3.8, 4) is 33.5 Å². The highest BCUT2D eigenvalue weighted by Crippen LogP contribution is 2.40. The van der Waals surface area contributed by atoms with Crippen LogP contribution >= 0.6 is 11.3 Å². The lowest BCUT2D eigenvalue weighted by Crippen LogP contribution is -2.39. The number of hydrogen-bond donors (Lipinski definition) is 1. The van der Waals surface area contributed by atoms with Crippen LogP contribution in [0.3, 0.4) is 0 Å². The number of unbranched alkanes of at least 4 members (excludes halogenated alkanes) is 3. The zero-order chi connectivity index (χ0) is 38.8. The van der Waals surface area contributed by atoms with Gasteiger partial charge in [-0.2, -0.15) is 5.26 Å². The maximum atomic E-state index is 14.7. The molecule has 2 aromatic carbocycles. The second-order valence-electron chi connectivity index (χ2n) is 14.9. The molecule has 0 aliphatic carbocycles. The first kappa shape index (κ1) is 41.8. The van der Waals surface area contributed by atoms with Gasteiger partial charge >= 0.3 is 5.13 Å². The number of ether oxygens (including phenoxy) is 1. The number of nitrogens with one attached hydrogen (secondary N) is 1. The van der Waals surface area contributed by atoms with Crippen molar-refractivity contribution < 1.29 is 31.7 Å². The third-order valence-electron chi connectivity index (χ3n) is 9.43. The molecular formula is C40H50F3N5O3S2. The number of nitrogen functional groups attached to an aromatic ring is 1. The van der Waals surface area contributed by atoms with E-state index < -0.39 is 34.8 Å². The molecular weight excluding hydrogens is 720 g/mol. The van der Waals surface area contributed by atoms with Gasteiger partial charge in [0.05, 0.1) is 10.9 Å². The van der Waals surface area contributed by atoms with E-state index in [4.69, 9.17) is 10.5 Å². The van der Waals surface area contributed by atoms with Crippen molar-refractivity contribution in [2.45, 2.75) is 96.9 Å². The number of halogens is 3. The van der Waals surface area contributed by atoms with E-state index in [0.717, 1.165) is 66.6 Å². The first-order valence-corrected chi connectivity index (χ1v) is 19.9. The van der Waals surface area contributed by atoms with E-state index in [2.05, 4.69) is 40.9 Å². The summed E-state index contributed by atoms with van der Waals surface area (Å²) in [4.78, 5) is 10.5. The van der Waals surface area contributed by atoms with Crippen LogP contribution in [0.15, 0.2) is 65.7 Å². The van der Waals surface area contributed by atoms with Crippen LogP contribution in [0, 0.1) is 28.0 Å². The van der Waals surface area contributed by atoms with Crippen LogP contribution in [-0.2, 0) is 17.5 Å². The summed E-state index contributed by atoms with van der Waals surface area (Å²) in [7, 11) is 0. The molecule has 4 aromatic rings. The lowest BCUT2D eigenvalue weighted by molar-refractivity contribution is -0.340. The Hall–Kier alpha value is -3.99. The van der Waals surface area contributed by atoms with E-state index in [1.54, 1.807) is 12.1 Å². The summed E-state index contributed by atoms with van der Waals surface area (Å²) < 4.78 is 72.7. The first-order valence-electron chi connectivity index (χ1n) is 18.0. The maximum Gasteiger partial charge on any atom is 0.330 e. The zero-order valence-corrected chi connectivity index (χ0v) is 32.8. The molecule has 1 unspecified atom stereocenters. The Morgan fingerprint density at radius 3 is 2.49 bits per heavy atom. The number of anilines is 2. The Morgan fingerprint density at radius 1 is 1.06 bits per heavy atom. The minimum atomic E-state index is -3.17. The molecule has 2 heterocycles. The lowest BCUT2D eigenvalue weighted by Gasteiger charge is -2.35. The Labute approximate surface area is 317 Å². The normalized spacial score (nSPS) is 13.7. The number of pyridine rings is 1. The van der Waals surface area contributed by atoms with Crippen molar-refractivity contribution >= 4 is 33.4 Å². The van der Waals surface area contributed by atoms with Crippen LogP contribution in [0.5, 0.6) is 5.75 Å². The van der Waals surface area contributed by atoms with Gasteiger partial charge in [0.15, 0.2) is 23.9 Å². The number of thiazole rings is 1. The number of aromatic amines is 1. The molecule has 13 heteroatoms. The molecule has 0 fully saturated rings. The van der Waals surface area contributed by atoms with Gasteiger partial charge in [-0.25, -0.2) is 23.1 Å². The van der Waals surface area contributed by atoms with Gasteiger partial charge in [-0.15, -0.1) is 0 Å². The summed E-state index contributed by atoms with van der Waals surface area (Å²) in [5.41, 5.74) is 8.05. The monoisotopic (exact) mass is 769 g/mol. The average Bonchev–Trinajstić information content (AvgIpc) is 3.50. The molecule has 53 heavy (non-hydrogen) atoms. The lowest BCUT2D eigenvalue weighted by atomic mass is 9.82. The quantitative estimate of drug-likeness (QED) is 0.0743. The highest BCUT2D eigenvalue weighted by Gasteiger charge is 2.44. The van der Waals surface area contributed by atoms with Gasteiger partial charge in [0.2, 0.25) is 0 Å². The van der Waals surface area contributed by atoms with E-state index in [1.807, 2.05) is 24.3 Å². The molecule has 0 saturated carbocycles. The summed E-state index contributed by atoms with van der Waals surface area (Å²) in [5.74, 6) is -3.55. The van der Waals surface area contributed by atoms with Gasteiger partial charge in [0.1, 0.15) is 10.8 Å². The highest BCUT2D eigenvalue weighted by molar-refractivity contribution is 7.79. The number of alkyl halides is 2. The molecule has 0 saturated heterocycles. The van der Waals surface area contributed by atoms with Crippen molar-refractivity contribution in [1.29, 1.82) is 5.26 Å². The Bertz CT molecular complexity index is 1890. The molecule has 0 amide bonds. The van der Waals surface area contributed by atoms with E-state index in [9.17, 15) is 27.2 Å². The van der Waals surface area contributed by atoms with Crippen molar-refractivity contribution in [3.63, 3.8) is 0 Å². The zero-order valence-electron chi connectivity index (χ0n) is 31.1. The molecule has 0 aliphatic heterocycles. The van der Waals surface area contributed by atoms with Crippen LogP contribution in [0.4, 0.5) is 24.1 Å². The van der Waals surface area contributed by atoms with E-state index in [0.29, 0.717) is 36.0 Å². The number of nitrogens with two attached hydrogens (primary N) is 1. The Morgan fingerprint density at radius 2 is 1.79 bits per heavy atom. The second-order valence-corrected chi connectivity index (χ2v) is 16.8. The summed E-state index contributed by atoms with van der Waals surface area (Å²) in [6, 6.07) is 19.6. The summed E-state index contributed by atoms with van der Waals surface area (Å²) in [6.45, 7) is 8.75. The maximum absolute atomic E-state index is 14.7. The fourth-order valence-corrected chi connectivity index (χ4v) is 7.52. The predicted octanol–water partition coefficient (Wildman–Crippen LogP) is 9.64. The average molecular weight is 770 g/mol. The first-order chi connectivity index (χ1) is 25.1. The Kier molecular flexibility index (Phi) is 14.5. The molecule has 2 aromatic heterocycles. The smallest absolute Gasteiger partial charge is 0.330 e. The second kappa shape index (κ2) is 18.4. The molecule has 3 N–H and O–H groups in total. The molecule has 0 aliphatic rings. The molecule has 0 bridgehead atoms. The fraction of sp³-hybridized carbons (Fsp3) is 0.475. The van der Waals surface area contributed by atoms with Crippen molar-refractivity contribution in [2.24, 2.45) is 10.8 Å². The van der Waals surface area contributed by atoms with Gasteiger partial charge in [-0.1, -0.05) is 90.3 Å². The van der Waals surface area contributed by atoms with Crippen LogP contribution in [-0.4, -0.2) is 39.4 Å². The molecule has 4 rings (SSSR count). The van der Waals surface area contributed by atoms with E-state index in [1.165, 1.54) is 50.3 Å². The largest absolute Gasteiger partial charge is 0.767 e. The minimum Gasteiger partial charge on any atom is -0.767 e. The fourth-order valence-electron chi connectivity index (χ4n) is 6.28. The highest BCUT2D eigenvalue weighted by atomic mass is 32.2. The molecule has 8 nitrogen and oxygen atoms in total. The van der Waals surface area contributed by atoms with Crippen LogP contribution in [0.2, 0.25) is 0 Å². The van der Waals surface area contributed by atoms with Crippen LogP contribution < -0.4 is 20.4 Å². The van der Waals surface area contributed by atoms with Crippen molar-refractivity contribution in [2.75, 3.05) is 30.3 Å². The number of aromatic nitrogens is 2. The van der Waals surface area contributed by atoms with Crippen LogP contribution in [0.1, 0.15) is 85.1 Å². The number of rotatable bonds is 19. The van der Waals surface area contributed by atoms with Gasteiger partial charge in [0.25, 0.3) is 5.92 Å². The van der Waals surface area contributed by atoms with Crippen molar-refractivity contribution in [1.82, 2.24) is 4.98 Å². The Balaban J connectivity index is 1.45. The minimum absolute atomic E-state index is 0.00891. The van der Waals surface area contributed by atoms with Gasteiger partial charge < -0.3 is 14.2 Å². The molecule has 286 valence electrons. The SMILES string of the molecule is CCC[C@](C)(CC#N)CN(CCCCCCc1ccccc1-c1[nH+]c(N)sc1-c1ccc(F)c(OCC(F)(F)C(C)(C)C)c1)c1cccc(S(=O)[O-])n1. The summed E-state index contributed by atoms with van der Waals surface area (Å²) in [6.07, 6.45) is 6.64. The molecule has 0 radical (unpaired) electrons. The topological polar surface area (TPSA) is 129 Å². The number of H-pyrrole nitrogens is 1. The number of aryl methyl sites for hydroxylation is 1. The molecule has 0 spiro atoms. The van der Waals surface area contributed by atoms with Gasteiger partial charge in [0, 0.05) is 36.1 Å². The van der Waals surface area contributed by atoms with Crippen LogP contribution in [0.25, 0.3) is 21.7 Å². The summed E-state index contributed by atoms with van der Waals surface area (Å²) in [5, 5.41) is 9.98. The molecule has 2 atom stereocenters. The third kappa shape index (κ3) is 11.3. The standard InChI is InChI=1S/C40H50F3N5O3S2/c1-6-21-39(5,22-23-44)26-48(33-17-13-18-34(46-33)53(49)50)24-12-8-7-9-14-28-15-10-11-16-30(28)35-36(52-37(45)47-35)29-19-20-31(41)32(25-29)51-27-40(42,43)38(2,3)4/h10-11,13,15-20,25H,6-9,12,14,21-22,24,26-27H2,1-5H3,(H2,45,47)(H,49,50)/t39-/m1/s1. The number of hydrogen-bond acceptors (Lipinski definition) is 8. The van der Waals surface area contributed by atoms with Gasteiger partial charge in [-0.3, -0.25) is 9.94 Å².